The van der Waals surface area contributed by atoms with Gasteiger partial charge in [0.15, 0.2) is 0 Å². The number of aromatic amines is 1. The van der Waals surface area contributed by atoms with E-state index in [1.165, 1.54) is 0 Å². The number of hydrogen-bond donors (Lipinski definition) is 2. The molecule has 31 heavy (non-hydrogen) atoms. The average Bonchev–Trinajstić information content (AvgIpc) is 3.45. The molecule has 4 rings (SSSR count). The van der Waals surface area contributed by atoms with Crippen molar-refractivity contribution in [3.05, 3.63) is 75.5 Å². The highest BCUT2D eigenvalue weighted by atomic mass is 32.1. The van der Waals surface area contributed by atoms with Gasteiger partial charge in [0.1, 0.15) is 5.56 Å². The lowest BCUT2D eigenvalue weighted by atomic mass is 10.1. The molecule has 0 radical (unpaired) electrons. The summed E-state index contributed by atoms with van der Waals surface area (Å²) in [4.78, 5) is 37.2. The minimum atomic E-state index is -0.397. The fourth-order valence-electron chi connectivity index (χ4n) is 3.43. The fraction of sp³-hybridized carbons (Fsp3) is 0.227. The van der Waals surface area contributed by atoms with E-state index in [-0.39, 0.29) is 11.1 Å². The SMILES string of the molecule is CCc1[nH]c(=O)c(C(=O)NCCn2ncc(-c3cnccn3)c2-c2cccs2)cc1C. The van der Waals surface area contributed by atoms with Crippen molar-refractivity contribution in [2.75, 3.05) is 6.54 Å². The Morgan fingerprint density at radius 2 is 2.16 bits per heavy atom. The number of carbonyl (C=O) groups excluding carboxylic acids is 1. The lowest BCUT2D eigenvalue weighted by Gasteiger charge is -2.10. The van der Waals surface area contributed by atoms with E-state index in [4.69, 9.17) is 0 Å². The third-order valence-corrected chi connectivity index (χ3v) is 5.86. The highest BCUT2D eigenvalue weighted by molar-refractivity contribution is 7.13. The van der Waals surface area contributed by atoms with Gasteiger partial charge in [-0.05, 0) is 36.4 Å². The quantitative estimate of drug-likeness (QED) is 0.465. The van der Waals surface area contributed by atoms with Crippen LogP contribution in [0.5, 0.6) is 0 Å². The third-order valence-electron chi connectivity index (χ3n) is 4.99. The standard InChI is InChI=1S/C22H22N6O2S/c1-3-17-14(2)11-15(22(30)27-17)21(29)25-8-9-28-20(19-5-4-10-31-19)16(12-26-28)18-13-23-6-7-24-18/h4-7,10-13H,3,8-9H2,1-2H3,(H,25,29)(H,27,30). The predicted molar refractivity (Wildman–Crippen MR) is 120 cm³/mol. The maximum absolute atomic E-state index is 12.6. The van der Waals surface area contributed by atoms with Gasteiger partial charge in [0.05, 0.1) is 35.2 Å². The molecule has 0 saturated carbocycles. The van der Waals surface area contributed by atoms with Crippen molar-refractivity contribution in [2.45, 2.75) is 26.8 Å². The molecule has 0 unspecified atom stereocenters. The molecule has 0 aromatic carbocycles. The van der Waals surface area contributed by atoms with Crippen LogP contribution >= 0.6 is 11.3 Å². The molecule has 0 bridgehead atoms. The molecule has 0 aliphatic carbocycles. The van der Waals surface area contributed by atoms with Crippen LogP contribution < -0.4 is 10.9 Å². The van der Waals surface area contributed by atoms with Gasteiger partial charge in [-0.3, -0.25) is 24.2 Å². The zero-order chi connectivity index (χ0) is 21.8. The van der Waals surface area contributed by atoms with Crippen molar-refractivity contribution in [3.8, 4) is 21.8 Å². The number of nitrogens with zero attached hydrogens (tertiary/aromatic N) is 4. The Bertz CT molecular complexity index is 1250. The first-order valence-electron chi connectivity index (χ1n) is 9.95. The van der Waals surface area contributed by atoms with E-state index in [9.17, 15) is 9.59 Å². The topological polar surface area (TPSA) is 106 Å². The molecule has 2 N–H and O–H groups in total. The molecule has 4 heterocycles. The molecule has 158 valence electrons. The van der Waals surface area contributed by atoms with Crippen molar-refractivity contribution < 1.29 is 4.79 Å². The lowest BCUT2D eigenvalue weighted by Crippen LogP contribution is -2.32. The maximum Gasteiger partial charge on any atom is 0.261 e. The van der Waals surface area contributed by atoms with E-state index >= 15 is 0 Å². The summed E-state index contributed by atoms with van der Waals surface area (Å²) in [7, 11) is 0. The number of amides is 1. The van der Waals surface area contributed by atoms with E-state index in [0.29, 0.717) is 19.5 Å². The minimum absolute atomic E-state index is 0.119. The second-order valence-corrected chi connectivity index (χ2v) is 7.93. The van der Waals surface area contributed by atoms with E-state index < -0.39 is 5.91 Å². The van der Waals surface area contributed by atoms with Crippen LogP contribution in [-0.2, 0) is 13.0 Å². The number of aromatic nitrogens is 5. The van der Waals surface area contributed by atoms with Crippen molar-refractivity contribution in [2.24, 2.45) is 0 Å². The number of H-pyrrole nitrogens is 1. The summed E-state index contributed by atoms with van der Waals surface area (Å²) in [6.45, 7) is 4.62. The Hall–Kier alpha value is -3.59. The molecule has 0 atom stereocenters. The highest BCUT2D eigenvalue weighted by Crippen LogP contribution is 2.33. The Morgan fingerprint density at radius 3 is 2.87 bits per heavy atom. The number of hydrogen-bond acceptors (Lipinski definition) is 6. The lowest BCUT2D eigenvalue weighted by molar-refractivity contribution is 0.0950. The predicted octanol–water partition coefficient (Wildman–Crippen LogP) is 3.06. The number of nitrogens with one attached hydrogen (secondary N) is 2. The van der Waals surface area contributed by atoms with Gasteiger partial charge >= 0.3 is 0 Å². The Balaban J connectivity index is 1.53. The molecule has 9 heteroatoms. The summed E-state index contributed by atoms with van der Waals surface area (Å²) in [5, 5.41) is 9.34. The van der Waals surface area contributed by atoms with E-state index in [2.05, 4.69) is 25.4 Å². The number of aryl methyl sites for hydroxylation is 2. The first-order chi connectivity index (χ1) is 15.1. The van der Waals surface area contributed by atoms with Gasteiger partial charge < -0.3 is 10.3 Å². The number of carbonyl (C=O) groups is 1. The maximum atomic E-state index is 12.6. The summed E-state index contributed by atoms with van der Waals surface area (Å²) in [6, 6.07) is 5.65. The molecule has 0 aliphatic heterocycles. The van der Waals surface area contributed by atoms with Crippen LogP contribution in [0.4, 0.5) is 0 Å². The van der Waals surface area contributed by atoms with Gasteiger partial charge in [0.2, 0.25) is 0 Å². The second kappa shape index (κ2) is 9.05. The van der Waals surface area contributed by atoms with E-state index in [1.807, 2.05) is 36.0 Å². The number of pyridine rings is 1. The summed E-state index contributed by atoms with van der Waals surface area (Å²) in [6.07, 6.45) is 7.45. The monoisotopic (exact) mass is 434 g/mol. The summed E-state index contributed by atoms with van der Waals surface area (Å²) in [5.74, 6) is -0.397. The van der Waals surface area contributed by atoms with Gasteiger partial charge in [0, 0.05) is 30.2 Å². The van der Waals surface area contributed by atoms with Gasteiger partial charge in [0.25, 0.3) is 11.5 Å². The largest absolute Gasteiger partial charge is 0.350 e. The van der Waals surface area contributed by atoms with Gasteiger partial charge in [-0.25, -0.2) is 0 Å². The Morgan fingerprint density at radius 1 is 1.29 bits per heavy atom. The zero-order valence-corrected chi connectivity index (χ0v) is 18.1. The van der Waals surface area contributed by atoms with Crippen molar-refractivity contribution >= 4 is 17.2 Å². The molecule has 0 fully saturated rings. The minimum Gasteiger partial charge on any atom is -0.350 e. The number of rotatable bonds is 7. The highest BCUT2D eigenvalue weighted by Gasteiger charge is 2.17. The van der Waals surface area contributed by atoms with Crippen LogP contribution in [0, 0.1) is 6.92 Å². The first kappa shape index (κ1) is 20.7. The van der Waals surface area contributed by atoms with E-state index in [0.717, 1.165) is 33.1 Å². The van der Waals surface area contributed by atoms with Gasteiger partial charge in [-0.15, -0.1) is 11.3 Å². The third kappa shape index (κ3) is 4.31. The van der Waals surface area contributed by atoms with Crippen molar-refractivity contribution in [3.63, 3.8) is 0 Å². The van der Waals surface area contributed by atoms with Crippen LogP contribution in [0.2, 0.25) is 0 Å². The molecular weight excluding hydrogens is 412 g/mol. The van der Waals surface area contributed by atoms with Gasteiger partial charge in [-0.2, -0.15) is 5.10 Å². The van der Waals surface area contributed by atoms with Gasteiger partial charge in [-0.1, -0.05) is 13.0 Å². The summed E-state index contributed by atoms with van der Waals surface area (Å²) in [5.41, 5.74) is 4.02. The normalized spacial score (nSPS) is 10.9. The molecule has 8 nitrogen and oxygen atoms in total. The van der Waals surface area contributed by atoms with Crippen molar-refractivity contribution in [1.82, 2.24) is 30.0 Å². The molecule has 0 aliphatic rings. The molecule has 4 aromatic rings. The van der Waals surface area contributed by atoms with Crippen LogP contribution in [0.1, 0.15) is 28.5 Å². The van der Waals surface area contributed by atoms with Crippen LogP contribution in [-0.4, -0.2) is 37.2 Å². The smallest absolute Gasteiger partial charge is 0.261 e. The molecule has 0 saturated heterocycles. The second-order valence-electron chi connectivity index (χ2n) is 6.98. The van der Waals surface area contributed by atoms with Crippen LogP contribution in [0.15, 0.2) is 53.2 Å². The van der Waals surface area contributed by atoms with E-state index in [1.54, 1.807) is 42.2 Å². The summed E-state index contributed by atoms with van der Waals surface area (Å²) < 4.78 is 1.84. The molecule has 1 amide bonds. The van der Waals surface area contributed by atoms with Crippen LogP contribution in [0.3, 0.4) is 0 Å². The van der Waals surface area contributed by atoms with Crippen LogP contribution in [0.25, 0.3) is 21.8 Å². The van der Waals surface area contributed by atoms with Crippen molar-refractivity contribution in [1.29, 1.82) is 0 Å². The zero-order valence-electron chi connectivity index (χ0n) is 17.3. The average molecular weight is 435 g/mol. The Kier molecular flexibility index (Phi) is 6.03. The Labute approximate surface area is 183 Å². The number of thiophene rings is 1. The summed E-state index contributed by atoms with van der Waals surface area (Å²) >= 11 is 1.61. The fourth-order valence-corrected chi connectivity index (χ4v) is 4.22. The molecule has 0 spiro atoms. The molecule has 4 aromatic heterocycles. The molecular formula is C22H22N6O2S. The first-order valence-corrected chi connectivity index (χ1v) is 10.8.